The molecular formula is C21H22N2O4S. The minimum atomic E-state index is -0.456. The summed E-state index contributed by atoms with van der Waals surface area (Å²) in [6.07, 6.45) is 1.60. The zero-order valence-electron chi connectivity index (χ0n) is 15.9. The van der Waals surface area contributed by atoms with E-state index < -0.39 is 5.97 Å². The zero-order valence-corrected chi connectivity index (χ0v) is 16.8. The molecule has 0 radical (unpaired) electrons. The van der Waals surface area contributed by atoms with E-state index in [9.17, 15) is 9.59 Å². The predicted molar refractivity (Wildman–Crippen MR) is 109 cm³/mol. The predicted octanol–water partition coefficient (Wildman–Crippen LogP) is 4.06. The molecule has 2 aromatic heterocycles. The number of carbonyl (C=O) groups excluding carboxylic acids is 2. The van der Waals surface area contributed by atoms with Crippen LogP contribution in [0.2, 0.25) is 0 Å². The first-order chi connectivity index (χ1) is 13.5. The van der Waals surface area contributed by atoms with Crippen molar-refractivity contribution in [2.24, 2.45) is 0 Å². The Bertz CT molecular complexity index is 948. The molecule has 0 spiro atoms. The number of nitrogens with one attached hydrogen (secondary N) is 2. The highest BCUT2D eigenvalue weighted by Gasteiger charge is 2.22. The van der Waals surface area contributed by atoms with Crippen molar-refractivity contribution in [1.29, 1.82) is 0 Å². The second-order valence-electron chi connectivity index (χ2n) is 6.27. The van der Waals surface area contributed by atoms with Crippen molar-refractivity contribution >= 4 is 28.2 Å². The molecule has 146 valence electrons. The highest BCUT2D eigenvalue weighted by molar-refractivity contribution is 7.16. The standard InChI is InChI=1S/C21H22N2O4S/c1-13-14(2)28-20(18(13)21(25)26-3)23-17(24)12-22-19(16-10-7-11-27-16)15-8-5-4-6-9-15/h4-11,19,22H,12H2,1-3H3,(H,23,24)/t19-/m1/s1. The second kappa shape index (κ2) is 8.86. The summed E-state index contributed by atoms with van der Waals surface area (Å²) in [4.78, 5) is 25.6. The van der Waals surface area contributed by atoms with Gasteiger partial charge in [0, 0.05) is 4.88 Å². The highest BCUT2D eigenvalue weighted by atomic mass is 32.1. The zero-order chi connectivity index (χ0) is 20.1. The topological polar surface area (TPSA) is 80.6 Å². The largest absolute Gasteiger partial charge is 0.467 e. The molecule has 3 aromatic rings. The smallest absolute Gasteiger partial charge is 0.341 e. The maximum Gasteiger partial charge on any atom is 0.341 e. The van der Waals surface area contributed by atoms with E-state index >= 15 is 0 Å². The minimum absolute atomic E-state index is 0.0524. The van der Waals surface area contributed by atoms with Crippen LogP contribution in [0.25, 0.3) is 0 Å². The summed E-state index contributed by atoms with van der Waals surface area (Å²) in [7, 11) is 1.33. The number of ether oxygens (including phenoxy) is 1. The van der Waals surface area contributed by atoms with Crippen molar-refractivity contribution < 1.29 is 18.7 Å². The number of anilines is 1. The summed E-state index contributed by atoms with van der Waals surface area (Å²) in [5.74, 6) is 0.0128. The molecule has 2 heterocycles. The Labute approximate surface area is 167 Å². The molecule has 0 unspecified atom stereocenters. The van der Waals surface area contributed by atoms with E-state index in [0.717, 1.165) is 21.8 Å². The van der Waals surface area contributed by atoms with Gasteiger partial charge in [0.2, 0.25) is 5.91 Å². The number of furan rings is 1. The Morgan fingerprint density at radius 2 is 1.89 bits per heavy atom. The van der Waals surface area contributed by atoms with Crippen molar-refractivity contribution in [1.82, 2.24) is 5.32 Å². The number of methoxy groups -OCH3 is 1. The van der Waals surface area contributed by atoms with Gasteiger partial charge in [0.15, 0.2) is 0 Å². The number of aryl methyl sites for hydroxylation is 1. The molecular weight excluding hydrogens is 376 g/mol. The highest BCUT2D eigenvalue weighted by Crippen LogP contribution is 2.33. The van der Waals surface area contributed by atoms with Crippen LogP contribution < -0.4 is 10.6 Å². The molecule has 1 aromatic carbocycles. The normalized spacial score (nSPS) is 11.8. The molecule has 3 rings (SSSR count). The van der Waals surface area contributed by atoms with Crippen LogP contribution in [-0.2, 0) is 9.53 Å². The quantitative estimate of drug-likeness (QED) is 0.587. The number of carbonyl (C=O) groups is 2. The van der Waals surface area contributed by atoms with Gasteiger partial charge in [-0.05, 0) is 37.1 Å². The van der Waals surface area contributed by atoms with Gasteiger partial charge in [-0.25, -0.2) is 4.79 Å². The number of rotatable bonds is 7. The molecule has 1 amide bonds. The van der Waals surface area contributed by atoms with Gasteiger partial charge in [0.25, 0.3) is 0 Å². The Morgan fingerprint density at radius 1 is 1.14 bits per heavy atom. The fourth-order valence-corrected chi connectivity index (χ4v) is 3.98. The molecule has 7 heteroatoms. The van der Waals surface area contributed by atoms with E-state index in [1.165, 1.54) is 18.4 Å². The Kier molecular flexibility index (Phi) is 6.28. The number of esters is 1. The Morgan fingerprint density at radius 3 is 2.54 bits per heavy atom. The summed E-state index contributed by atoms with van der Waals surface area (Å²) in [5.41, 5.74) is 2.21. The van der Waals surface area contributed by atoms with Gasteiger partial charge in [-0.1, -0.05) is 30.3 Å². The molecule has 2 N–H and O–H groups in total. The molecule has 28 heavy (non-hydrogen) atoms. The lowest BCUT2D eigenvalue weighted by Crippen LogP contribution is -2.31. The third-order valence-electron chi connectivity index (χ3n) is 4.46. The van der Waals surface area contributed by atoms with Gasteiger partial charge < -0.3 is 14.5 Å². The molecule has 6 nitrogen and oxygen atoms in total. The average Bonchev–Trinajstić information content (AvgIpc) is 3.31. The first kappa shape index (κ1) is 19.9. The van der Waals surface area contributed by atoms with E-state index in [1.54, 1.807) is 6.26 Å². The van der Waals surface area contributed by atoms with Gasteiger partial charge in [-0.2, -0.15) is 0 Å². The van der Waals surface area contributed by atoms with Crippen molar-refractivity contribution in [3.05, 3.63) is 76.1 Å². The average molecular weight is 398 g/mol. The lowest BCUT2D eigenvalue weighted by molar-refractivity contribution is -0.115. The second-order valence-corrected chi connectivity index (χ2v) is 7.49. The van der Waals surface area contributed by atoms with Gasteiger partial charge in [-0.3, -0.25) is 10.1 Å². The number of hydrogen-bond donors (Lipinski definition) is 2. The number of thiophene rings is 1. The van der Waals surface area contributed by atoms with Gasteiger partial charge in [0.1, 0.15) is 10.8 Å². The SMILES string of the molecule is COC(=O)c1c(NC(=O)CN[C@H](c2ccccc2)c2ccco2)sc(C)c1C. The summed E-state index contributed by atoms with van der Waals surface area (Å²) in [6.45, 7) is 3.80. The first-order valence-corrected chi connectivity index (χ1v) is 9.62. The van der Waals surface area contributed by atoms with Crippen LogP contribution in [0.4, 0.5) is 5.00 Å². The van der Waals surface area contributed by atoms with E-state index in [-0.39, 0.29) is 18.5 Å². The first-order valence-electron chi connectivity index (χ1n) is 8.81. The maximum atomic E-state index is 12.6. The van der Waals surface area contributed by atoms with Gasteiger partial charge >= 0.3 is 5.97 Å². The van der Waals surface area contributed by atoms with Crippen LogP contribution in [-0.4, -0.2) is 25.5 Å². The minimum Gasteiger partial charge on any atom is -0.467 e. The fraction of sp³-hybridized carbons (Fsp3) is 0.238. The molecule has 0 saturated heterocycles. The maximum absolute atomic E-state index is 12.6. The van der Waals surface area contributed by atoms with E-state index in [1.807, 2.05) is 56.3 Å². The molecule has 0 saturated carbocycles. The fourth-order valence-electron chi connectivity index (χ4n) is 2.91. The molecule has 0 fully saturated rings. The van der Waals surface area contributed by atoms with Crippen LogP contribution in [0.15, 0.2) is 53.1 Å². The lowest BCUT2D eigenvalue weighted by Gasteiger charge is -2.17. The molecule has 0 aliphatic carbocycles. The summed E-state index contributed by atoms with van der Waals surface area (Å²) in [5, 5.41) is 6.55. The number of benzene rings is 1. The Balaban J connectivity index is 1.73. The Hall–Kier alpha value is -2.90. The van der Waals surface area contributed by atoms with Crippen LogP contribution >= 0.6 is 11.3 Å². The summed E-state index contributed by atoms with van der Waals surface area (Å²) >= 11 is 1.36. The van der Waals surface area contributed by atoms with E-state index in [4.69, 9.17) is 9.15 Å². The third-order valence-corrected chi connectivity index (χ3v) is 5.58. The summed E-state index contributed by atoms with van der Waals surface area (Å²) in [6, 6.07) is 13.2. The van der Waals surface area contributed by atoms with Crippen LogP contribution in [0.5, 0.6) is 0 Å². The lowest BCUT2D eigenvalue weighted by atomic mass is 10.0. The monoisotopic (exact) mass is 398 g/mol. The molecule has 0 bridgehead atoms. The van der Waals surface area contributed by atoms with Gasteiger partial charge in [-0.15, -0.1) is 11.3 Å². The molecule has 0 aliphatic rings. The van der Waals surface area contributed by atoms with E-state index in [0.29, 0.717) is 10.6 Å². The van der Waals surface area contributed by atoms with Crippen LogP contribution in [0.3, 0.4) is 0 Å². The van der Waals surface area contributed by atoms with Crippen molar-refractivity contribution in [3.63, 3.8) is 0 Å². The third kappa shape index (κ3) is 4.32. The van der Waals surface area contributed by atoms with E-state index in [2.05, 4.69) is 10.6 Å². The molecule has 0 aliphatic heterocycles. The van der Waals surface area contributed by atoms with Crippen LogP contribution in [0, 0.1) is 13.8 Å². The number of hydrogen-bond acceptors (Lipinski definition) is 6. The van der Waals surface area contributed by atoms with Crippen molar-refractivity contribution in [2.45, 2.75) is 19.9 Å². The van der Waals surface area contributed by atoms with Gasteiger partial charge in [0.05, 0.1) is 31.5 Å². The van der Waals surface area contributed by atoms with Crippen LogP contribution in [0.1, 0.15) is 38.2 Å². The van der Waals surface area contributed by atoms with Crippen molar-refractivity contribution in [3.8, 4) is 0 Å². The summed E-state index contributed by atoms with van der Waals surface area (Å²) < 4.78 is 10.4. The molecule has 1 atom stereocenters. The number of amides is 1. The van der Waals surface area contributed by atoms with Crippen molar-refractivity contribution in [2.75, 3.05) is 19.0 Å².